The zero-order valence-corrected chi connectivity index (χ0v) is 14.1. The van der Waals surface area contributed by atoms with E-state index in [1.165, 1.54) is 62.9 Å². The Balaban J connectivity index is 1.42. The molecule has 0 amide bonds. The van der Waals surface area contributed by atoms with Crippen molar-refractivity contribution < 1.29 is 9.53 Å². The molecule has 2 nitrogen and oxygen atoms in total. The third-order valence-corrected chi connectivity index (χ3v) is 9.13. The molecule has 1 aliphatic heterocycles. The van der Waals surface area contributed by atoms with E-state index >= 15 is 0 Å². The van der Waals surface area contributed by atoms with Gasteiger partial charge in [-0.15, -0.1) is 0 Å². The maximum Gasteiger partial charge on any atom is 0.356 e. The Morgan fingerprint density at radius 1 is 1.10 bits per heavy atom. The molecule has 5 fully saturated rings. The fraction of sp³-hybridized carbons (Fsp3) is 0.944. The van der Waals surface area contributed by atoms with Crippen molar-refractivity contribution in [3.05, 3.63) is 0 Å². The van der Waals surface area contributed by atoms with Gasteiger partial charge in [0, 0.05) is 0 Å². The predicted octanol–water partition coefficient (Wildman–Crippen LogP) is 3.55. The van der Waals surface area contributed by atoms with Gasteiger partial charge in [-0.05, 0) is 85.9 Å². The van der Waals surface area contributed by atoms with Crippen LogP contribution >= 0.6 is 0 Å². The molecule has 0 aromatic rings. The van der Waals surface area contributed by atoms with Crippen LogP contribution in [0.3, 0.4) is 0 Å². The van der Waals surface area contributed by atoms with Crippen LogP contribution in [0.5, 0.6) is 0 Å². The van der Waals surface area contributed by atoms with E-state index in [1.807, 2.05) is 0 Å². The minimum Gasteiger partial charge on any atom is -0.455 e. The molecule has 21 heavy (non-hydrogen) atoms. The number of carbonyl (C=O) groups excluding carboxylic acids is 1. The first kappa shape index (κ1) is 14.4. The molecule has 0 spiro atoms. The zero-order chi connectivity index (χ0) is 14.4. The van der Waals surface area contributed by atoms with Crippen LogP contribution in [0.1, 0.15) is 58.3 Å². The monoisotopic (exact) mass is 309 g/mol. The molecule has 0 radical (unpaired) electrons. The van der Waals surface area contributed by atoms with E-state index in [2.05, 4.69) is 6.92 Å². The lowest BCUT2D eigenvalue weighted by Gasteiger charge is -2.59. The molecule has 3 unspecified atom stereocenters. The van der Waals surface area contributed by atoms with Crippen molar-refractivity contribution in [3.8, 4) is 0 Å². The lowest BCUT2D eigenvalue weighted by molar-refractivity contribution is -0.202. The van der Waals surface area contributed by atoms with Gasteiger partial charge in [0.1, 0.15) is 17.1 Å². The Bertz CT molecular complexity index is 401. The first-order valence-electron chi connectivity index (χ1n) is 9.00. The highest BCUT2D eigenvalue weighted by Crippen LogP contribution is 2.59. The van der Waals surface area contributed by atoms with Crippen LogP contribution in [0.2, 0.25) is 0 Å². The van der Waals surface area contributed by atoms with E-state index in [9.17, 15) is 4.79 Å². The predicted molar refractivity (Wildman–Crippen MR) is 87.4 cm³/mol. The summed E-state index contributed by atoms with van der Waals surface area (Å²) in [6.45, 7) is 2.36. The minimum absolute atomic E-state index is 0.0645. The summed E-state index contributed by atoms with van der Waals surface area (Å²) in [4.78, 5) is 12.5. The molecule has 0 aromatic carbocycles. The highest BCUT2D eigenvalue weighted by atomic mass is 32.2. The molecule has 4 bridgehead atoms. The van der Waals surface area contributed by atoms with Crippen LogP contribution < -0.4 is 0 Å². The van der Waals surface area contributed by atoms with Gasteiger partial charge < -0.3 is 4.74 Å². The smallest absolute Gasteiger partial charge is 0.356 e. The summed E-state index contributed by atoms with van der Waals surface area (Å²) in [6, 6.07) is 0. The quantitative estimate of drug-likeness (QED) is 0.589. The summed E-state index contributed by atoms with van der Waals surface area (Å²) >= 11 is 0. The van der Waals surface area contributed by atoms with Crippen LogP contribution in [0.15, 0.2) is 0 Å². The standard InChI is InChI=1S/C18H29O2S/c1-13-16-8-14-7-15(9-16)11-18(13,10-14)20-17(19)12-21-5-3-2-4-6-21/h13-16H,2-12H2,1H3/q+1. The summed E-state index contributed by atoms with van der Waals surface area (Å²) < 4.78 is 6.23. The number of hydrogen-bond donors (Lipinski definition) is 0. The van der Waals surface area contributed by atoms with Gasteiger partial charge in [-0.25, -0.2) is 4.79 Å². The summed E-state index contributed by atoms with van der Waals surface area (Å²) in [5.74, 6) is 6.53. The Morgan fingerprint density at radius 2 is 1.76 bits per heavy atom. The molecule has 5 rings (SSSR count). The lowest BCUT2D eigenvalue weighted by atomic mass is 9.50. The van der Waals surface area contributed by atoms with Crippen molar-refractivity contribution in [1.29, 1.82) is 0 Å². The van der Waals surface area contributed by atoms with Gasteiger partial charge in [0.15, 0.2) is 0 Å². The van der Waals surface area contributed by atoms with Gasteiger partial charge in [-0.1, -0.05) is 6.92 Å². The van der Waals surface area contributed by atoms with Crippen molar-refractivity contribution in [3.63, 3.8) is 0 Å². The first-order chi connectivity index (χ1) is 10.1. The van der Waals surface area contributed by atoms with Gasteiger partial charge in [-0.3, -0.25) is 0 Å². The second-order valence-corrected chi connectivity index (χ2v) is 10.5. The summed E-state index contributed by atoms with van der Waals surface area (Å²) in [5, 5.41) is 0. The van der Waals surface area contributed by atoms with E-state index < -0.39 is 0 Å². The van der Waals surface area contributed by atoms with E-state index in [1.54, 1.807) is 0 Å². The van der Waals surface area contributed by atoms with Crippen LogP contribution in [-0.4, -0.2) is 28.8 Å². The molecule has 118 valence electrons. The lowest BCUT2D eigenvalue weighted by Crippen LogP contribution is -2.58. The van der Waals surface area contributed by atoms with Gasteiger partial charge in [0.2, 0.25) is 5.75 Å². The number of carbonyl (C=O) groups is 1. The SMILES string of the molecule is CC1C2CC3CC(C2)CC1(OC(=O)C[S+]1CCCCC1)C3. The molecule has 5 aliphatic rings. The number of hydrogen-bond acceptors (Lipinski definition) is 2. The molecule has 1 heterocycles. The maximum atomic E-state index is 12.5. The normalized spacial score (nSPS) is 45.8. The Labute approximate surface area is 131 Å². The summed E-state index contributed by atoms with van der Waals surface area (Å²) in [7, 11) is 0.327. The highest BCUT2D eigenvalue weighted by Gasteiger charge is 2.57. The third-order valence-electron chi connectivity index (χ3n) is 6.75. The van der Waals surface area contributed by atoms with Crippen LogP contribution in [0.4, 0.5) is 0 Å². The number of ether oxygens (including phenoxy) is 1. The maximum absolute atomic E-state index is 12.5. The van der Waals surface area contributed by atoms with Crippen LogP contribution in [0.25, 0.3) is 0 Å². The Morgan fingerprint density at radius 3 is 2.43 bits per heavy atom. The average Bonchev–Trinajstić information content (AvgIpc) is 2.44. The Kier molecular flexibility index (Phi) is 3.76. The molecular formula is C18H29O2S+. The molecular weight excluding hydrogens is 280 g/mol. The third kappa shape index (κ3) is 2.64. The van der Waals surface area contributed by atoms with Crippen LogP contribution in [-0.2, 0) is 20.4 Å². The molecule has 1 saturated heterocycles. The fourth-order valence-electron chi connectivity index (χ4n) is 5.85. The van der Waals surface area contributed by atoms with Crippen molar-refractivity contribution in [1.82, 2.24) is 0 Å². The number of esters is 1. The second-order valence-electron chi connectivity index (χ2n) is 8.16. The van der Waals surface area contributed by atoms with Gasteiger partial charge in [0.05, 0.1) is 0 Å². The second kappa shape index (κ2) is 5.47. The molecule has 4 aliphatic carbocycles. The van der Waals surface area contributed by atoms with E-state index in [-0.39, 0.29) is 11.6 Å². The molecule has 4 saturated carbocycles. The highest BCUT2D eigenvalue weighted by molar-refractivity contribution is 7.97. The topological polar surface area (TPSA) is 26.3 Å². The zero-order valence-electron chi connectivity index (χ0n) is 13.3. The largest absolute Gasteiger partial charge is 0.455 e. The summed E-state index contributed by atoms with van der Waals surface area (Å²) in [6.07, 6.45) is 10.6. The minimum atomic E-state index is -0.0645. The van der Waals surface area contributed by atoms with E-state index in [0.29, 0.717) is 22.6 Å². The Hall–Kier alpha value is -0.180. The van der Waals surface area contributed by atoms with Crippen molar-refractivity contribution in [2.24, 2.45) is 23.7 Å². The van der Waals surface area contributed by atoms with Gasteiger partial charge >= 0.3 is 5.97 Å². The molecule has 0 N–H and O–H groups in total. The van der Waals surface area contributed by atoms with Gasteiger partial charge in [-0.2, -0.15) is 0 Å². The first-order valence-corrected chi connectivity index (χ1v) is 10.7. The molecule has 0 aromatic heterocycles. The van der Waals surface area contributed by atoms with Crippen molar-refractivity contribution in [2.45, 2.75) is 63.9 Å². The van der Waals surface area contributed by atoms with Crippen molar-refractivity contribution in [2.75, 3.05) is 17.3 Å². The molecule has 3 heteroatoms. The van der Waals surface area contributed by atoms with E-state index in [0.717, 1.165) is 17.8 Å². The van der Waals surface area contributed by atoms with Crippen LogP contribution in [0, 0.1) is 23.7 Å². The fourth-order valence-corrected chi connectivity index (χ4v) is 7.96. The van der Waals surface area contributed by atoms with Crippen molar-refractivity contribution >= 4 is 16.9 Å². The summed E-state index contributed by atoms with van der Waals surface area (Å²) in [5.41, 5.74) is -0.0645. The average molecular weight is 309 g/mol. The van der Waals surface area contributed by atoms with Gasteiger partial charge in [0.25, 0.3) is 0 Å². The molecule has 3 atom stereocenters. The van der Waals surface area contributed by atoms with E-state index in [4.69, 9.17) is 4.74 Å². The number of rotatable bonds is 3.